The summed E-state index contributed by atoms with van der Waals surface area (Å²) in [5, 5.41) is 8.89. The molecule has 0 bridgehead atoms. The number of carboxylic acids is 1. The highest BCUT2D eigenvalue weighted by Gasteiger charge is 2.28. The van der Waals surface area contributed by atoms with Gasteiger partial charge >= 0.3 is 5.97 Å². The van der Waals surface area contributed by atoms with E-state index < -0.39 is 5.97 Å². The fourth-order valence-corrected chi connectivity index (χ4v) is 2.97. The van der Waals surface area contributed by atoms with Crippen LogP contribution in [0.2, 0.25) is 0 Å². The van der Waals surface area contributed by atoms with Crippen LogP contribution in [0.3, 0.4) is 0 Å². The number of piperidine rings is 1. The number of hydrogen-bond donors (Lipinski definition) is 1. The van der Waals surface area contributed by atoms with E-state index in [4.69, 9.17) is 5.11 Å². The molecular weight excluding hydrogens is 218 g/mol. The SMILES string of the molecule is O=C(O)C1CCN(C(=O)CC2CCCC2)CC1. The molecule has 2 fully saturated rings. The second kappa shape index (κ2) is 5.52. The number of nitrogens with zero attached hydrogens (tertiary/aromatic N) is 1. The maximum Gasteiger partial charge on any atom is 0.306 e. The highest BCUT2D eigenvalue weighted by atomic mass is 16.4. The Balaban J connectivity index is 1.75. The Kier molecular flexibility index (Phi) is 4.02. The number of rotatable bonds is 3. The summed E-state index contributed by atoms with van der Waals surface area (Å²) in [4.78, 5) is 24.7. The molecule has 4 heteroatoms. The molecule has 17 heavy (non-hydrogen) atoms. The molecule has 0 aromatic carbocycles. The summed E-state index contributed by atoms with van der Waals surface area (Å²) in [5.74, 6) is -0.140. The number of aliphatic carboxylic acids is 1. The minimum atomic E-state index is -0.715. The quantitative estimate of drug-likeness (QED) is 0.818. The van der Waals surface area contributed by atoms with Crippen molar-refractivity contribution in [3.05, 3.63) is 0 Å². The largest absolute Gasteiger partial charge is 0.481 e. The van der Waals surface area contributed by atoms with Crippen LogP contribution in [0.5, 0.6) is 0 Å². The van der Waals surface area contributed by atoms with Gasteiger partial charge in [0, 0.05) is 19.5 Å². The Morgan fingerprint density at radius 2 is 1.65 bits per heavy atom. The molecular formula is C13H21NO3. The summed E-state index contributed by atoms with van der Waals surface area (Å²) in [5.41, 5.74) is 0. The van der Waals surface area contributed by atoms with Gasteiger partial charge in [-0.1, -0.05) is 12.8 Å². The Morgan fingerprint density at radius 3 is 2.18 bits per heavy atom. The first kappa shape index (κ1) is 12.4. The predicted octanol–water partition coefficient (Wildman–Crippen LogP) is 1.89. The number of carboxylic acid groups (broad SMARTS) is 1. The third-order valence-corrected chi connectivity index (χ3v) is 4.13. The maximum absolute atomic E-state index is 12.0. The van der Waals surface area contributed by atoms with Crippen molar-refractivity contribution < 1.29 is 14.7 Å². The van der Waals surface area contributed by atoms with Crippen LogP contribution in [0.1, 0.15) is 44.9 Å². The Labute approximate surface area is 102 Å². The number of hydrogen-bond acceptors (Lipinski definition) is 2. The summed E-state index contributed by atoms with van der Waals surface area (Å²) in [6.45, 7) is 1.26. The first-order chi connectivity index (χ1) is 8.16. The van der Waals surface area contributed by atoms with Gasteiger partial charge in [-0.3, -0.25) is 9.59 Å². The third kappa shape index (κ3) is 3.20. The van der Waals surface area contributed by atoms with Crippen LogP contribution >= 0.6 is 0 Å². The van der Waals surface area contributed by atoms with Crippen LogP contribution < -0.4 is 0 Å². The van der Waals surface area contributed by atoms with Gasteiger partial charge in [0.2, 0.25) is 5.91 Å². The molecule has 2 aliphatic rings. The van der Waals surface area contributed by atoms with Crippen LogP contribution in [-0.4, -0.2) is 35.0 Å². The third-order valence-electron chi connectivity index (χ3n) is 4.13. The van der Waals surface area contributed by atoms with E-state index in [-0.39, 0.29) is 11.8 Å². The highest BCUT2D eigenvalue weighted by Crippen LogP contribution is 2.28. The lowest BCUT2D eigenvalue weighted by Crippen LogP contribution is -2.40. The molecule has 4 nitrogen and oxygen atoms in total. The summed E-state index contributed by atoms with van der Waals surface area (Å²) in [6.07, 6.45) is 6.82. The van der Waals surface area contributed by atoms with Gasteiger partial charge in [-0.15, -0.1) is 0 Å². The molecule has 1 heterocycles. The lowest BCUT2D eigenvalue weighted by Gasteiger charge is -2.30. The van der Waals surface area contributed by atoms with Crippen molar-refractivity contribution in [1.29, 1.82) is 0 Å². The summed E-state index contributed by atoms with van der Waals surface area (Å²) in [6, 6.07) is 0. The maximum atomic E-state index is 12.0. The first-order valence-corrected chi connectivity index (χ1v) is 6.67. The first-order valence-electron chi connectivity index (χ1n) is 6.67. The van der Waals surface area contributed by atoms with Gasteiger partial charge in [0.1, 0.15) is 0 Å². The van der Waals surface area contributed by atoms with Gasteiger partial charge in [-0.05, 0) is 31.6 Å². The molecule has 1 aliphatic heterocycles. The molecule has 0 atom stereocenters. The van der Waals surface area contributed by atoms with E-state index in [2.05, 4.69) is 0 Å². The Bertz CT molecular complexity index is 289. The molecule has 0 spiro atoms. The van der Waals surface area contributed by atoms with E-state index in [0.717, 1.165) is 0 Å². The van der Waals surface area contributed by atoms with Crippen molar-refractivity contribution in [1.82, 2.24) is 4.90 Å². The van der Waals surface area contributed by atoms with Gasteiger partial charge < -0.3 is 10.0 Å². The van der Waals surface area contributed by atoms with Crippen molar-refractivity contribution in [2.24, 2.45) is 11.8 Å². The van der Waals surface area contributed by atoms with E-state index in [0.29, 0.717) is 38.3 Å². The molecule has 96 valence electrons. The van der Waals surface area contributed by atoms with E-state index >= 15 is 0 Å². The lowest BCUT2D eigenvalue weighted by molar-refractivity contribution is -0.145. The minimum Gasteiger partial charge on any atom is -0.481 e. The number of carbonyl (C=O) groups excluding carboxylic acids is 1. The highest BCUT2D eigenvalue weighted by molar-refractivity contribution is 5.77. The fourth-order valence-electron chi connectivity index (χ4n) is 2.97. The molecule has 1 amide bonds. The van der Waals surface area contributed by atoms with Crippen LogP contribution in [0.4, 0.5) is 0 Å². The molecule has 0 aromatic rings. The van der Waals surface area contributed by atoms with Gasteiger partial charge in [-0.25, -0.2) is 0 Å². The van der Waals surface area contributed by atoms with E-state index in [1.54, 1.807) is 0 Å². The zero-order valence-electron chi connectivity index (χ0n) is 10.2. The topological polar surface area (TPSA) is 57.6 Å². The van der Waals surface area contributed by atoms with E-state index in [1.165, 1.54) is 25.7 Å². The van der Waals surface area contributed by atoms with Gasteiger partial charge in [-0.2, -0.15) is 0 Å². The predicted molar refractivity (Wildman–Crippen MR) is 63.5 cm³/mol. The van der Waals surface area contributed by atoms with Crippen molar-refractivity contribution in [3.63, 3.8) is 0 Å². The molecule has 2 rings (SSSR count). The second-order valence-corrected chi connectivity index (χ2v) is 5.35. The van der Waals surface area contributed by atoms with Gasteiger partial charge in [0.25, 0.3) is 0 Å². The Hall–Kier alpha value is -1.06. The summed E-state index contributed by atoms with van der Waals surface area (Å²) in [7, 11) is 0. The zero-order valence-corrected chi connectivity index (χ0v) is 10.2. The summed E-state index contributed by atoms with van der Waals surface area (Å²) >= 11 is 0. The van der Waals surface area contributed by atoms with Crippen LogP contribution in [0, 0.1) is 11.8 Å². The average molecular weight is 239 g/mol. The van der Waals surface area contributed by atoms with Crippen molar-refractivity contribution in [2.45, 2.75) is 44.9 Å². The van der Waals surface area contributed by atoms with Crippen LogP contribution in [-0.2, 0) is 9.59 Å². The van der Waals surface area contributed by atoms with Crippen molar-refractivity contribution in [2.75, 3.05) is 13.1 Å². The van der Waals surface area contributed by atoms with Gasteiger partial charge in [0.05, 0.1) is 5.92 Å². The van der Waals surface area contributed by atoms with Crippen LogP contribution in [0.25, 0.3) is 0 Å². The van der Waals surface area contributed by atoms with E-state index in [1.807, 2.05) is 4.90 Å². The van der Waals surface area contributed by atoms with E-state index in [9.17, 15) is 9.59 Å². The molecule has 0 aromatic heterocycles. The Morgan fingerprint density at radius 1 is 1.06 bits per heavy atom. The smallest absolute Gasteiger partial charge is 0.306 e. The number of likely N-dealkylation sites (tertiary alicyclic amines) is 1. The lowest BCUT2D eigenvalue weighted by atomic mass is 9.96. The molecule has 1 aliphatic carbocycles. The molecule has 1 saturated carbocycles. The molecule has 1 N–H and O–H groups in total. The number of amides is 1. The average Bonchev–Trinajstić information content (AvgIpc) is 2.82. The normalized spacial score (nSPS) is 22.9. The summed E-state index contributed by atoms with van der Waals surface area (Å²) < 4.78 is 0. The molecule has 0 unspecified atom stereocenters. The standard InChI is InChI=1S/C13H21NO3/c15-12(9-10-3-1-2-4-10)14-7-5-11(6-8-14)13(16)17/h10-11H,1-9H2,(H,16,17). The van der Waals surface area contributed by atoms with Crippen molar-refractivity contribution >= 4 is 11.9 Å². The van der Waals surface area contributed by atoms with Gasteiger partial charge in [0.15, 0.2) is 0 Å². The molecule has 0 radical (unpaired) electrons. The molecule has 1 saturated heterocycles. The zero-order chi connectivity index (χ0) is 12.3. The van der Waals surface area contributed by atoms with Crippen molar-refractivity contribution in [3.8, 4) is 0 Å². The second-order valence-electron chi connectivity index (χ2n) is 5.35. The number of carbonyl (C=O) groups is 2. The monoisotopic (exact) mass is 239 g/mol. The van der Waals surface area contributed by atoms with Crippen LogP contribution in [0.15, 0.2) is 0 Å². The fraction of sp³-hybridized carbons (Fsp3) is 0.846. The minimum absolute atomic E-state index is 0.237.